The highest BCUT2D eigenvalue weighted by molar-refractivity contribution is 7.71. The van der Waals surface area contributed by atoms with E-state index >= 15 is 0 Å². The summed E-state index contributed by atoms with van der Waals surface area (Å²) in [7, 11) is 0. The van der Waals surface area contributed by atoms with Gasteiger partial charge in [-0.3, -0.25) is 0 Å². The van der Waals surface area contributed by atoms with E-state index in [0.717, 1.165) is 17.4 Å². The predicted molar refractivity (Wildman–Crippen MR) is 73.5 cm³/mol. The molecule has 0 aliphatic carbocycles. The van der Waals surface area contributed by atoms with Gasteiger partial charge in [0, 0.05) is 18.0 Å². The molecular formula is C11H14N4OS2. The number of hydrogen-bond acceptors (Lipinski definition) is 6. The van der Waals surface area contributed by atoms with E-state index in [1.807, 2.05) is 5.38 Å². The first kappa shape index (κ1) is 11.9. The molecule has 0 radical (unpaired) electrons. The summed E-state index contributed by atoms with van der Waals surface area (Å²) in [5, 5.41) is 9.61. The number of piperidine rings is 1. The zero-order chi connectivity index (χ0) is 12.5. The summed E-state index contributed by atoms with van der Waals surface area (Å²) in [4.78, 5) is 7.23. The van der Waals surface area contributed by atoms with Crippen molar-refractivity contribution in [3.8, 4) is 11.6 Å². The molecule has 96 valence electrons. The lowest BCUT2D eigenvalue weighted by Crippen LogP contribution is -2.37. The van der Waals surface area contributed by atoms with Crippen molar-refractivity contribution in [2.75, 3.05) is 11.4 Å². The third-order valence-electron chi connectivity index (χ3n) is 3.20. The maximum absolute atomic E-state index is 5.27. The third kappa shape index (κ3) is 2.20. The van der Waals surface area contributed by atoms with E-state index in [1.54, 1.807) is 11.3 Å². The SMILES string of the molecule is CC1CCCCN1c1nc(-c2n[nH]c(=S)o2)cs1. The second kappa shape index (κ2) is 4.81. The van der Waals surface area contributed by atoms with Gasteiger partial charge in [-0.2, -0.15) is 0 Å². The maximum Gasteiger partial charge on any atom is 0.284 e. The fourth-order valence-corrected chi connectivity index (χ4v) is 3.27. The van der Waals surface area contributed by atoms with Gasteiger partial charge in [0.1, 0.15) is 5.69 Å². The van der Waals surface area contributed by atoms with Crippen LogP contribution >= 0.6 is 23.6 Å². The number of anilines is 1. The Morgan fingerprint density at radius 1 is 1.56 bits per heavy atom. The molecule has 1 unspecified atom stereocenters. The Kier molecular flexibility index (Phi) is 3.17. The standard InChI is InChI=1S/C11H14N4OS2/c1-7-4-2-3-5-15(7)10-12-8(6-18-10)9-13-14-11(17)16-9/h6-7H,2-5H2,1H3,(H,14,17). The van der Waals surface area contributed by atoms with Crippen molar-refractivity contribution in [1.29, 1.82) is 0 Å². The van der Waals surface area contributed by atoms with Gasteiger partial charge in [0.15, 0.2) is 5.13 Å². The predicted octanol–water partition coefficient (Wildman–Crippen LogP) is 3.23. The van der Waals surface area contributed by atoms with Gasteiger partial charge in [0.25, 0.3) is 10.7 Å². The van der Waals surface area contributed by atoms with Gasteiger partial charge in [-0.15, -0.1) is 16.4 Å². The summed E-state index contributed by atoms with van der Waals surface area (Å²) in [6.07, 6.45) is 3.78. The first-order valence-corrected chi connectivity index (χ1v) is 7.31. The van der Waals surface area contributed by atoms with Crippen molar-refractivity contribution >= 4 is 28.7 Å². The van der Waals surface area contributed by atoms with Crippen LogP contribution in [0.25, 0.3) is 11.6 Å². The van der Waals surface area contributed by atoms with Crippen LogP contribution in [0.15, 0.2) is 9.80 Å². The molecule has 0 aromatic carbocycles. The molecule has 1 aliphatic heterocycles. The topological polar surface area (TPSA) is 58.0 Å². The first-order chi connectivity index (χ1) is 8.74. The number of nitrogens with one attached hydrogen (secondary N) is 1. The highest BCUT2D eigenvalue weighted by Crippen LogP contribution is 2.30. The van der Waals surface area contributed by atoms with Crippen LogP contribution in [0.4, 0.5) is 5.13 Å². The van der Waals surface area contributed by atoms with Crippen molar-refractivity contribution in [2.45, 2.75) is 32.2 Å². The normalized spacial score (nSPS) is 20.3. The van der Waals surface area contributed by atoms with Crippen LogP contribution in [0.1, 0.15) is 26.2 Å². The molecule has 3 rings (SSSR count). The van der Waals surface area contributed by atoms with E-state index < -0.39 is 0 Å². The van der Waals surface area contributed by atoms with Gasteiger partial charge in [-0.05, 0) is 38.4 Å². The lowest BCUT2D eigenvalue weighted by atomic mass is 10.1. The molecule has 0 saturated carbocycles. The van der Waals surface area contributed by atoms with Crippen LogP contribution < -0.4 is 4.90 Å². The number of hydrogen-bond donors (Lipinski definition) is 1. The second-order valence-electron chi connectivity index (χ2n) is 4.47. The molecular weight excluding hydrogens is 268 g/mol. The molecule has 0 spiro atoms. The van der Waals surface area contributed by atoms with Crippen LogP contribution in [-0.4, -0.2) is 27.8 Å². The first-order valence-electron chi connectivity index (χ1n) is 6.02. The molecule has 2 aromatic heterocycles. The summed E-state index contributed by atoms with van der Waals surface area (Å²) in [6, 6.07) is 0.559. The molecule has 1 aliphatic rings. The molecule has 0 bridgehead atoms. The quantitative estimate of drug-likeness (QED) is 0.857. The van der Waals surface area contributed by atoms with Crippen LogP contribution in [0.3, 0.4) is 0 Å². The summed E-state index contributed by atoms with van der Waals surface area (Å²) in [5.41, 5.74) is 0.750. The van der Waals surface area contributed by atoms with Crippen LogP contribution in [0, 0.1) is 4.84 Å². The summed E-state index contributed by atoms with van der Waals surface area (Å²) >= 11 is 6.49. The monoisotopic (exact) mass is 282 g/mol. The van der Waals surface area contributed by atoms with Crippen LogP contribution in [-0.2, 0) is 0 Å². The highest BCUT2D eigenvalue weighted by Gasteiger charge is 2.22. The fourth-order valence-electron chi connectivity index (χ4n) is 2.22. The molecule has 1 fully saturated rings. The number of thiazole rings is 1. The Bertz CT molecular complexity index is 588. The molecule has 3 heterocycles. The molecule has 1 N–H and O–H groups in total. The molecule has 5 nitrogen and oxygen atoms in total. The van der Waals surface area contributed by atoms with Crippen LogP contribution in [0.5, 0.6) is 0 Å². The van der Waals surface area contributed by atoms with Gasteiger partial charge in [0.05, 0.1) is 0 Å². The van der Waals surface area contributed by atoms with E-state index in [2.05, 4.69) is 27.0 Å². The maximum atomic E-state index is 5.27. The lowest BCUT2D eigenvalue weighted by molar-refractivity contribution is 0.484. The Morgan fingerprint density at radius 2 is 2.44 bits per heavy atom. The van der Waals surface area contributed by atoms with Gasteiger partial charge in [-0.25, -0.2) is 10.1 Å². The minimum Gasteiger partial charge on any atom is -0.408 e. The third-order valence-corrected chi connectivity index (χ3v) is 4.25. The van der Waals surface area contributed by atoms with Crippen molar-refractivity contribution in [3.63, 3.8) is 0 Å². The van der Waals surface area contributed by atoms with E-state index in [9.17, 15) is 0 Å². The van der Waals surface area contributed by atoms with Crippen molar-refractivity contribution in [3.05, 3.63) is 10.2 Å². The number of rotatable bonds is 2. The van der Waals surface area contributed by atoms with Crippen molar-refractivity contribution < 1.29 is 4.42 Å². The molecule has 7 heteroatoms. The number of aromatic amines is 1. The molecule has 18 heavy (non-hydrogen) atoms. The van der Waals surface area contributed by atoms with E-state index in [4.69, 9.17) is 16.6 Å². The molecule has 1 atom stereocenters. The van der Waals surface area contributed by atoms with E-state index in [1.165, 1.54) is 19.3 Å². The van der Waals surface area contributed by atoms with Gasteiger partial charge in [-0.1, -0.05) is 0 Å². The number of nitrogens with zero attached hydrogens (tertiary/aromatic N) is 3. The van der Waals surface area contributed by atoms with E-state index in [0.29, 0.717) is 11.9 Å². The minimum atomic E-state index is 0.283. The Hall–Kier alpha value is -1.21. The van der Waals surface area contributed by atoms with E-state index in [-0.39, 0.29) is 4.84 Å². The van der Waals surface area contributed by atoms with Gasteiger partial charge in [0.2, 0.25) is 0 Å². The average Bonchev–Trinajstić information content (AvgIpc) is 2.98. The summed E-state index contributed by atoms with van der Waals surface area (Å²) in [5.74, 6) is 0.465. The van der Waals surface area contributed by atoms with Gasteiger partial charge >= 0.3 is 0 Å². The minimum absolute atomic E-state index is 0.283. The Balaban J connectivity index is 1.87. The number of H-pyrrole nitrogens is 1. The Morgan fingerprint density at radius 3 is 3.17 bits per heavy atom. The zero-order valence-electron chi connectivity index (χ0n) is 10.0. The molecule has 0 amide bonds. The summed E-state index contributed by atoms with van der Waals surface area (Å²) in [6.45, 7) is 3.33. The summed E-state index contributed by atoms with van der Waals surface area (Å²) < 4.78 is 5.27. The largest absolute Gasteiger partial charge is 0.408 e. The Labute approximate surface area is 114 Å². The lowest BCUT2D eigenvalue weighted by Gasteiger charge is -2.32. The molecule has 1 saturated heterocycles. The molecule has 2 aromatic rings. The second-order valence-corrected chi connectivity index (χ2v) is 5.68. The average molecular weight is 282 g/mol. The smallest absolute Gasteiger partial charge is 0.284 e. The fraction of sp³-hybridized carbons (Fsp3) is 0.545. The van der Waals surface area contributed by atoms with Crippen LogP contribution in [0.2, 0.25) is 0 Å². The van der Waals surface area contributed by atoms with Crippen molar-refractivity contribution in [2.24, 2.45) is 0 Å². The number of aromatic nitrogens is 3. The highest BCUT2D eigenvalue weighted by atomic mass is 32.1. The van der Waals surface area contributed by atoms with Crippen molar-refractivity contribution in [1.82, 2.24) is 15.2 Å². The zero-order valence-corrected chi connectivity index (χ0v) is 11.7. The van der Waals surface area contributed by atoms with Gasteiger partial charge < -0.3 is 9.32 Å².